The summed E-state index contributed by atoms with van der Waals surface area (Å²) in [7, 11) is 0. The number of rotatable bonds is 7. The van der Waals surface area contributed by atoms with Gasteiger partial charge in [0, 0.05) is 42.6 Å². The van der Waals surface area contributed by atoms with E-state index in [-0.39, 0.29) is 22.9 Å². The second kappa shape index (κ2) is 11.8. The molecule has 6 rings (SSSR count). The van der Waals surface area contributed by atoms with Crippen LogP contribution in [-0.2, 0) is 16.0 Å². The van der Waals surface area contributed by atoms with Crippen molar-refractivity contribution in [3.63, 3.8) is 0 Å². The fourth-order valence-corrected chi connectivity index (χ4v) is 4.76. The van der Waals surface area contributed by atoms with Crippen LogP contribution in [0, 0.1) is 5.82 Å². The third-order valence-electron chi connectivity index (χ3n) is 6.77. The molecule has 1 aliphatic heterocycles. The van der Waals surface area contributed by atoms with Gasteiger partial charge in [0.25, 0.3) is 0 Å². The summed E-state index contributed by atoms with van der Waals surface area (Å²) in [5.74, 6) is 0.898. The highest BCUT2D eigenvalue weighted by atomic mass is 19.1. The molecule has 0 bridgehead atoms. The molecule has 0 atom stereocenters. The lowest BCUT2D eigenvalue weighted by atomic mass is 10.1. The number of morpholine rings is 1. The molecule has 0 radical (unpaired) electrons. The van der Waals surface area contributed by atoms with Crippen LogP contribution >= 0.6 is 0 Å². The van der Waals surface area contributed by atoms with Crippen LogP contribution in [0.15, 0.2) is 77.5 Å². The summed E-state index contributed by atoms with van der Waals surface area (Å²) in [6.07, 6.45) is 3.62. The van der Waals surface area contributed by atoms with Crippen molar-refractivity contribution >= 4 is 40.0 Å². The second-order valence-electron chi connectivity index (χ2n) is 9.89. The lowest BCUT2D eigenvalue weighted by Gasteiger charge is -2.28. The molecule has 0 aliphatic carbocycles. The second-order valence-corrected chi connectivity index (χ2v) is 9.89. The normalized spacial score (nSPS) is 13.2. The van der Waals surface area contributed by atoms with E-state index < -0.39 is 11.8 Å². The van der Waals surface area contributed by atoms with Gasteiger partial charge in [-0.25, -0.2) is 24.1 Å². The molecule has 10 nitrogen and oxygen atoms in total. The van der Waals surface area contributed by atoms with Crippen molar-refractivity contribution in [3.8, 4) is 22.7 Å². The first-order chi connectivity index (χ1) is 20.4. The van der Waals surface area contributed by atoms with Crippen LogP contribution in [0.1, 0.15) is 12.5 Å². The molecule has 4 heterocycles. The third-order valence-corrected chi connectivity index (χ3v) is 6.77. The van der Waals surface area contributed by atoms with Gasteiger partial charge in [-0.05, 0) is 61.0 Å². The minimum absolute atomic E-state index is 0.0561. The Labute approximate surface area is 240 Å². The molecule has 0 unspecified atom stereocenters. The van der Waals surface area contributed by atoms with Crippen LogP contribution < -0.4 is 15.5 Å². The maximum absolute atomic E-state index is 15.5. The summed E-state index contributed by atoms with van der Waals surface area (Å²) in [5.41, 5.74) is 3.72. The van der Waals surface area contributed by atoms with Gasteiger partial charge in [0.2, 0.25) is 0 Å². The van der Waals surface area contributed by atoms with E-state index in [2.05, 4.69) is 25.5 Å². The van der Waals surface area contributed by atoms with Crippen molar-refractivity contribution < 1.29 is 23.1 Å². The van der Waals surface area contributed by atoms with E-state index in [9.17, 15) is 9.59 Å². The lowest BCUT2D eigenvalue weighted by Crippen LogP contribution is -2.37. The van der Waals surface area contributed by atoms with Crippen molar-refractivity contribution in [2.45, 2.75) is 13.3 Å². The number of benzene rings is 2. The Bertz CT molecular complexity index is 1750. The van der Waals surface area contributed by atoms with E-state index in [0.717, 1.165) is 11.1 Å². The van der Waals surface area contributed by atoms with Crippen molar-refractivity contribution in [1.82, 2.24) is 15.0 Å². The number of carbonyl (C=O) groups excluding carboxylic acids is 2. The van der Waals surface area contributed by atoms with E-state index in [1.165, 1.54) is 19.1 Å². The number of nitrogens with zero attached hydrogens (tertiary/aromatic N) is 4. The summed E-state index contributed by atoms with van der Waals surface area (Å²) < 4.78 is 26.5. The zero-order valence-corrected chi connectivity index (χ0v) is 22.8. The number of nitrogens with one attached hydrogen (secondary N) is 2. The first kappa shape index (κ1) is 27.0. The Balaban J connectivity index is 1.27. The Morgan fingerprint density at radius 3 is 2.45 bits per heavy atom. The molecular formula is C31H27FN6O4. The molecule has 1 fully saturated rings. The number of halogens is 1. The van der Waals surface area contributed by atoms with Gasteiger partial charge in [-0.3, -0.25) is 4.79 Å². The molecular weight excluding hydrogens is 539 g/mol. The number of hydrogen-bond acceptors (Lipinski definition) is 8. The van der Waals surface area contributed by atoms with Gasteiger partial charge < -0.3 is 24.7 Å². The maximum atomic E-state index is 15.5. The number of carbonyl (C=O) groups is 2. The Morgan fingerprint density at radius 2 is 1.74 bits per heavy atom. The molecule has 42 heavy (non-hydrogen) atoms. The van der Waals surface area contributed by atoms with Crippen molar-refractivity contribution in [1.29, 1.82) is 0 Å². The van der Waals surface area contributed by atoms with Gasteiger partial charge in [0.15, 0.2) is 11.6 Å². The molecule has 0 spiro atoms. The van der Waals surface area contributed by atoms with Crippen LogP contribution in [-0.4, -0.2) is 53.1 Å². The highest BCUT2D eigenvalue weighted by molar-refractivity contribution is 6.00. The molecule has 2 aromatic carbocycles. The van der Waals surface area contributed by atoms with E-state index >= 15 is 4.39 Å². The van der Waals surface area contributed by atoms with Crippen LogP contribution in [0.2, 0.25) is 0 Å². The standard InChI is InChI=1S/C31H27FN6O4/c1-19(39)15-20-4-6-22(7-5-20)34-31(40)35-23-8-9-24(25(32)17-23)29-36-26-16-21(27-3-2-12-42-27)18-33-28(26)30(37-29)38-10-13-41-14-11-38/h2-9,12,16-18H,10-11,13-15H2,1H3,(H2,34,35,40). The Morgan fingerprint density at radius 1 is 0.976 bits per heavy atom. The van der Waals surface area contributed by atoms with Crippen LogP contribution in [0.4, 0.5) is 26.4 Å². The summed E-state index contributed by atoms with van der Waals surface area (Å²) >= 11 is 0. The lowest BCUT2D eigenvalue weighted by molar-refractivity contribution is -0.116. The smallest absolute Gasteiger partial charge is 0.323 e. The van der Waals surface area contributed by atoms with E-state index in [1.807, 2.05) is 12.1 Å². The molecule has 11 heteroatoms. The van der Waals surface area contributed by atoms with E-state index in [4.69, 9.17) is 14.1 Å². The topological polar surface area (TPSA) is 122 Å². The molecule has 2 N–H and O–H groups in total. The summed E-state index contributed by atoms with van der Waals surface area (Å²) in [6.45, 7) is 3.85. The van der Waals surface area contributed by atoms with Crippen molar-refractivity contribution in [2.75, 3.05) is 41.8 Å². The number of furan rings is 1. The summed E-state index contributed by atoms with van der Waals surface area (Å²) in [4.78, 5) is 39.9. The Hall–Kier alpha value is -5.16. The molecule has 5 aromatic rings. The van der Waals surface area contributed by atoms with Crippen LogP contribution in [0.5, 0.6) is 0 Å². The number of amides is 2. The van der Waals surface area contributed by atoms with Crippen molar-refractivity contribution in [3.05, 3.63) is 84.5 Å². The quantitative estimate of drug-likeness (QED) is 0.257. The van der Waals surface area contributed by atoms with Gasteiger partial charge in [-0.1, -0.05) is 12.1 Å². The fraction of sp³-hybridized carbons (Fsp3) is 0.194. The number of hydrogen-bond donors (Lipinski definition) is 2. The number of aromatic nitrogens is 3. The average Bonchev–Trinajstić information content (AvgIpc) is 3.53. The summed E-state index contributed by atoms with van der Waals surface area (Å²) in [5, 5.41) is 5.35. The number of Topliss-reactive ketones (excluding diaryl/α,β-unsaturated/α-hetero) is 1. The predicted molar refractivity (Wildman–Crippen MR) is 157 cm³/mol. The van der Waals surface area contributed by atoms with Gasteiger partial charge in [0.05, 0.1) is 30.6 Å². The average molecular weight is 567 g/mol. The molecule has 1 saturated heterocycles. The zero-order valence-electron chi connectivity index (χ0n) is 22.8. The van der Waals surface area contributed by atoms with Crippen molar-refractivity contribution in [2.24, 2.45) is 0 Å². The Kier molecular flexibility index (Phi) is 7.56. The number of pyridine rings is 1. The number of ether oxygens (including phenoxy) is 1. The number of anilines is 3. The first-order valence-electron chi connectivity index (χ1n) is 13.4. The van der Waals surface area contributed by atoms with Gasteiger partial charge >= 0.3 is 6.03 Å². The molecule has 3 aromatic heterocycles. The fourth-order valence-electron chi connectivity index (χ4n) is 4.76. The minimum Gasteiger partial charge on any atom is -0.464 e. The highest BCUT2D eigenvalue weighted by Crippen LogP contribution is 2.31. The summed E-state index contributed by atoms with van der Waals surface area (Å²) in [6, 6.07) is 16.2. The number of ketones is 1. The zero-order chi connectivity index (χ0) is 29.1. The third kappa shape index (κ3) is 5.96. The maximum Gasteiger partial charge on any atom is 0.323 e. The molecule has 1 aliphatic rings. The highest BCUT2D eigenvalue weighted by Gasteiger charge is 2.21. The van der Waals surface area contributed by atoms with Crippen LogP contribution in [0.3, 0.4) is 0 Å². The first-order valence-corrected chi connectivity index (χ1v) is 13.4. The van der Waals surface area contributed by atoms with Crippen LogP contribution in [0.25, 0.3) is 33.7 Å². The van der Waals surface area contributed by atoms with E-state index in [1.54, 1.807) is 48.9 Å². The van der Waals surface area contributed by atoms with E-state index in [0.29, 0.717) is 61.0 Å². The molecule has 0 saturated carbocycles. The molecule has 212 valence electrons. The molecule has 2 amide bonds. The SMILES string of the molecule is CC(=O)Cc1ccc(NC(=O)Nc2ccc(-c3nc(N4CCOCC4)c4ncc(-c5ccco5)cc4n3)c(F)c2)cc1. The van der Waals surface area contributed by atoms with Gasteiger partial charge in [-0.2, -0.15) is 0 Å². The van der Waals surface area contributed by atoms with Gasteiger partial charge in [-0.15, -0.1) is 0 Å². The number of fused-ring (bicyclic) bond motifs is 1. The predicted octanol–water partition coefficient (Wildman–Crippen LogP) is 5.70. The monoisotopic (exact) mass is 566 g/mol. The largest absolute Gasteiger partial charge is 0.464 e. The minimum atomic E-state index is -0.594. The number of urea groups is 1. The van der Waals surface area contributed by atoms with Gasteiger partial charge in [0.1, 0.15) is 22.9 Å².